The number of esters is 4. The van der Waals surface area contributed by atoms with Crippen molar-refractivity contribution < 1.29 is 71.3 Å². The number of nitrogens with one attached hydrogen (secondary N) is 1. The fraction of sp³-hybridized carbons (Fsp3) is 0.541. The standard InChI is InChI=1S/C37H45NO15/c1-20-29(47-22(3)40)26(18-44-21(2)39)50-35(30(20)48-23(4)41)51-32-28(38-36(43)45-17-24-13-9-7-10-14-24)34(52-33(42)25-15-11-8-12-16-25)49-27-19-46-37(5,6)53-31(27)32/h7-16,20,26-32,34-35H,17-19H2,1-6H3,(H,38,43)/t20-,26?,27?,28?,29+,30?,31+,32+,34-,35-/m0/s1. The molecule has 288 valence electrons. The predicted molar refractivity (Wildman–Crippen MR) is 179 cm³/mol. The third kappa shape index (κ3) is 10.5. The van der Waals surface area contributed by atoms with Crippen LogP contribution in [0.5, 0.6) is 0 Å². The monoisotopic (exact) mass is 743 g/mol. The molecule has 3 saturated heterocycles. The van der Waals surface area contributed by atoms with E-state index in [2.05, 4.69) is 5.32 Å². The minimum absolute atomic E-state index is 0.0268. The number of rotatable bonds is 11. The van der Waals surface area contributed by atoms with Crippen LogP contribution >= 0.6 is 0 Å². The number of carbonyl (C=O) groups is 5. The van der Waals surface area contributed by atoms with Crippen molar-refractivity contribution in [2.24, 2.45) is 5.92 Å². The Morgan fingerprint density at radius 3 is 2.06 bits per heavy atom. The molecule has 3 aliphatic rings. The Balaban J connectivity index is 1.52. The quantitative estimate of drug-likeness (QED) is 0.261. The topological polar surface area (TPSA) is 190 Å². The molecule has 0 aromatic heterocycles. The highest BCUT2D eigenvalue weighted by Gasteiger charge is 2.57. The van der Waals surface area contributed by atoms with Gasteiger partial charge in [0.25, 0.3) is 0 Å². The second-order valence-corrected chi connectivity index (χ2v) is 13.3. The van der Waals surface area contributed by atoms with Crippen LogP contribution in [0.1, 0.15) is 57.5 Å². The minimum Gasteiger partial charge on any atom is -0.463 e. The summed E-state index contributed by atoms with van der Waals surface area (Å²) >= 11 is 0. The van der Waals surface area contributed by atoms with E-state index in [1.54, 1.807) is 75.4 Å². The normalized spacial score (nSPS) is 30.5. The summed E-state index contributed by atoms with van der Waals surface area (Å²) < 4.78 is 59.3. The molecule has 0 spiro atoms. The number of amides is 1. The first-order chi connectivity index (χ1) is 25.2. The number of alkyl carbamates (subject to hydrolysis) is 1. The lowest BCUT2D eigenvalue weighted by atomic mass is 9.89. The lowest BCUT2D eigenvalue weighted by molar-refractivity contribution is -0.387. The average Bonchev–Trinajstić information content (AvgIpc) is 3.11. The summed E-state index contributed by atoms with van der Waals surface area (Å²) in [4.78, 5) is 63.3. The van der Waals surface area contributed by atoms with E-state index in [9.17, 15) is 24.0 Å². The van der Waals surface area contributed by atoms with Crippen LogP contribution in [0.15, 0.2) is 60.7 Å². The van der Waals surface area contributed by atoms with Gasteiger partial charge in [0.05, 0.1) is 12.2 Å². The zero-order valence-electron chi connectivity index (χ0n) is 30.3. The van der Waals surface area contributed by atoms with Gasteiger partial charge in [0.1, 0.15) is 49.8 Å². The molecule has 0 saturated carbocycles. The number of hydrogen-bond donors (Lipinski definition) is 1. The second-order valence-electron chi connectivity index (χ2n) is 13.3. The molecule has 5 rings (SSSR count). The Labute approximate surface area is 306 Å². The molecule has 0 radical (unpaired) electrons. The number of benzene rings is 2. The van der Waals surface area contributed by atoms with Gasteiger partial charge in [-0.1, -0.05) is 55.5 Å². The van der Waals surface area contributed by atoms with E-state index in [0.29, 0.717) is 5.56 Å². The molecular weight excluding hydrogens is 698 g/mol. The molecule has 2 aromatic carbocycles. The minimum atomic E-state index is -1.49. The van der Waals surface area contributed by atoms with E-state index < -0.39 is 96.9 Å². The Kier molecular flexibility index (Phi) is 13.1. The molecule has 3 aliphatic heterocycles. The summed E-state index contributed by atoms with van der Waals surface area (Å²) in [7, 11) is 0. The van der Waals surface area contributed by atoms with Crippen molar-refractivity contribution in [2.75, 3.05) is 13.2 Å². The van der Waals surface area contributed by atoms with Gasteiger partial charge in [-0.2, -0.15) is 0 Å². The summed E-state index contributed by atoms with van der Waals surface area (Å²) in [6, 6.07) is 15.8. The van der Waals surface area contributed by atoms with Crippen LogP contribution in [0.3, 0.4) is 0 Å². The lowest BCUT2D eigenvalue weighted by Gasteiger charge is -2.52. The fourth-order valence-electron chi connectivity index (χ4n) is 6.32. The number of hydrogen-bond acceptors (Lipinski definition) is 15. The maximum Gasteiger partial charge on any atom is 0.408 e. The largest absolute Gasteiger partial charge is 0.463 e. The number of fused-ring (bicyclic) bond motifs is 1. The molecule has 3 fully saturated rings. The Morgan fingerprint density at radius 1 is 0.774 bits per heavy atom. The molecule has 1 N–H and O–H groups in total. The van der Waals surface area contributed by atoms with Crippen LogP contribution in [0, 0.1) is 5.92 Å². The molecule has 3 heterocycles. The summed E-state index contributed by atoms with van der Waals surface area (Å²) in [5.41, 5.74) is 0.925. The van der Waals surface area contributed by atoms with Gasteiger partial charge in [0.15, 0.2) is 18.2 Å². The van der Waals surface area contributed by atoms with Gasteiger partial charge in [-0.05, 0) is 31.5 Å². The van der Waals surface area contributed by atoms with Crippen LogP contribution in [-0.2, 0) is 68.4 Å². The van der Waals surface area contributed by atoms with Crippen molar-refractivity contribution in [3.05, 3.63) is 71.8 Å². The summed E-state index contributed by atoms with van der Waals surface area (Å²) in [5, 5.41) is 2.74. The van der Waals surface area contributed by atoms with E-state index in [4.69, 9.17) is 47.4 Å². The van der Waals surface area contributed by atoms with Crippen molar-refractivity contribution >= 4 is 30.0 Å². The van der Waals surface area contributed by atoms with E-state index in [-0.39, 0.29) is 25.4 Å². The fourth-order valence-corrected chi connectivity index (χ4v) is 6.32. The van der Waals surface area contributed by atoms with Crippen LogP contribution < -0.4 is 5.32 Å². The Morgan fingerprint density at radius 2 is 1.42 bits per heavy atom. The van der Waals surface area contributed by atoms with Crippen LogP contribution in [0.2, 0.25) is 0 Å². The molecule has 4 unspecified atom stereocenters. The highest BCUT2D eigenvalue weighted by Crippen LogP contribution is 2.38. The molecular formula is C37H45NO15. The number of ether oxygens (including phenoxy) is 10. The van der Waals surface area contributed by atoms with Gasteiger partial charge < -0.3 is 52.7 Å². The van der Waals surface area contributed by atoms with E-state index in [0.717, 1.165) is 0 Å². The first-order valence-corrected chi connectivity index (χ1v) is 17.2. The van der Waals surface area contributed by atoms with Crippen molar-refractivity contribution in [1.82, 2.24) is 5.32 Å². The van der Waals surface area contributed by atoms with Crippen LogP contribution in [-0.4, -0.2) is 104 Å². The molecule has 16 nitrogen and oxygen atoms in total. The molecule has 1 amide bonds. The highest BCUT2D eigenvalue weighted by atomic mass is 16.8. The summed E-state index contributed by atoms with van der Waals surface area (Å²) in [6.45, 7) is 8.16. The van der Waals surface area contributed by atoms with Crippen molar-refractivity contribution in [2.45, 2.75) is 109 Å². The molecule has 0 bridgehead atoms. The zero-order valence-corrected chi connectivity index (χ0v) is 30.3. The maximum atomic E-state index is 13.5. The van der Waals surface area contributed by atoms with Gasteiger partial charge in [0.2, 0.25) is 6.29 Å². The first kappa shape index (κ1) is 39.6. The van der Waals surface area contributed by atoms with Crippen LogP contribution in [0.25, 0.3) is 0 Å². The molecule has 2 aromatic rings. The predicted octanol–water partition coefficient (Wildman–Crippen LogP) is 3.19. The third-order valence-electron chi connectivity index (χ3n) is 8.72. The summed E-state index contributed by atoms with van der Waals surface area (Å²) in [5.74, 6) is -4.65. The van der Waals surface area contributed by atoms with Gasteiger partial charge in [-0.3, -0.25) is 14.4 Å². The van der Waals surface area contributed by atoms with Crippen molar-refractivity contribution in [3.63, 3.8) is 0 Å². The number of carbonyl (C=O) groups excluding carboxylic acids is 5. The third-order valence-corrected chi connectivity index (χ3v) is 8.72. The van der Waals surface area contributed by atoms with E-state index in [1.165, 1.54) is 20.8 Å². The Hall–Kier alpha value is -4.61. The SMILES string of the molecule is CC(=O)OCC1O[C@@H](O[C@@H]2C(NC(=O)OCc3ccccc3)[C@H](OC(=O)c3ccccc3)OC3COC(C)(C)O[C@H]32)C(OC(C)=O)[C@@H](C)[C@H]1OC(C)=O. The van der Waals surface area contributed by atoms with Gasteiger partial charge in [-0.15, -0.1) is 0 Å². The molecule has 53 heavy (non-hydrogen) atoms. The van der Waals surface area contributed by atoms with Gasteiger partial charge in [-0.25, -0.2) is 9.59 Å². The smallest absolute Gasteiger partial charge is 0.408 e. The average molecular weight is 744 g/mol. The second kappa shape index (κ2) is 17.5. The van der Waals surface area contributed by atoms with Crippen LogP contribution in [0.4, 0.5) is 4.79 Å². The molecule has 0 aliphatic carbocycles. The summed E-state index contributed by atoms with van der Waals surface area (Å²) in [6.07, 6.45) is -10.3. The van der Waals surface area contributed by atoms with Crippen molar-refractivity contribution in [1.29, 1.82) is 0 Å². The zero-order chi connectivity index (χ0) is 38.3. The highest BCUT2D eigenvalue weighted by molar-refractivity contribution is 5.89. The van der Waals surface area contributed by atoms with E-state index >= 15 is 0 Å². The lowest BCUT2D eigenvalue weighted by Crippen LogP contribution is -2.71. The van der Waals surface area contributed by atoms with E-state index in [1.807, 2.05) is 6.07 Å². The Bertz CT molecular complexity index is 1580. The van der Waals surface area contributed by atoms with Gasteiger partial charge >= 0.3 is 30.0 Å². The molecule has 16 heteroatoms. The first-order valence-electron chi connectivity index (χ1n) is 17.2. The maximum absolute atomic E-state index is 13.5. The molecule has 10 atom stereocenters. The van der Waals surface area contributed by atoms with Gasteiger partial charge in [0, 0.05) is 26.7 Å². The van der Waals surface area contributed by atoms with Crippen molar-refractivity contribution in [3.8, 4) is 0 Å².